The first-order chi connectivity index (χ1) is 12.4. The van der Waals surface area contributed by atoms with Gasteiger partial charge in [0.15, 0.2) is 5.78 Å². The summed E-state index contributed by atoms with van der Waals surface area (Å²) in [6.45, 7) is 7.30. The first-order valence-electron chi connectivity index (χ1n) is 9.36. The van der Waals surface area contributed by atoms with Crippen LogP contribution in [-0.4, -0.2) is 48.3 Å². The van der Waals surface area contributed by atoms with E-state index in [9.17, 15) is 14.4 Å². The molecule has 0 saturated carbocycles. The highest BCUT2D eigenvalue weighted by Gasteiger charge is 2.29. The number of hydrogen-bond acceptors (Lipinski definition) is 3. The van der Waals surface area contributed by atoms with Crippen molar-refractivity contribution >= 4 is 17.7 Å². The van der Waals surface area contributed by atoms with E-state index in [1.807, 2.05) is 38.1 Å². The number of amides is 3. The Morgan fingerprint density at radius 3 is 2.35 bits per heavy atom. The van der Waals surface area contributed by atoms with Gasteiger partial charge >= 0.3 is 6.03 Å². The Hall–Kier alpha value is -2.37. The molecule has 2 rings (SSSR count). The zero-order valence-corrected chi connectivity index (χ0v) is 15.9. The second-order valence-electron chi connectivity index (χ2n) is 6.95. The van der Waals surface area contributed by atoms with Crippen molar-refractivity contribution in [1.82, 2.24) is 15.5 Å². The monoisotopic (exact) mass is 359 g/mol. The number of piperidine rings is 1. The van der Waals surface area contributed by atoms with Gasteiger partial charge in [-0.15, -0.1) is 0 Å². The molecule has 0 aromatic heterocycles. The predicted molar refractivity (Wildman–Crippen MR) is 101 cm³/mol. The van der Waals surface area contributed by atoms with Crippen LogP contribution in [0.15, 0.2) is 24.3 Å². The fourth-order valence-electron chi connectivity index (χ4n) is 3.04. The highest BCUT2D eigenvalue weighted by atomic mass is 16.2. The quantitative estimate of drug-likeness (QED) is 0.766. The number of Topliss-reactive ketones (excluding diaryl/α,β-unsaturated/α-hetero) is 1. The molecule has 1 atom stereocenters. The molecule has 1 aromatic carbocycles. The van der Waals surface area contributed by atoms with Gasteiger partial charge in [0.05, 0.1) is 0 Å². The van der Waals surface area contributed by atoms with Crippen LogP contribution in [0, 0.1) is 12.8 Å². The summed E-state index contributed by atoms with van der Waals surface area (Å²) in [6.07, 6.45) is 2.15. The lowest BCUT2D eigenvalue weighted by Gasteiger charge is -2.32. The summed E-state index contributed by atoms with van der Waals surface area (Å²) in [5.41, 5.74) is 1.87. The van der Waals surface area contributed by atoms with E-state index in [1.54, 1.807) is 11.8 Å². The van der Waals surface area contributed by atoms with E-state index in [1.165, 1.54) is 0 Å². The molecule has 1 fully saturated rings. The number of rotatable bonds is 6. The number of nitrogens with one attached hydrogen (secondary N) is 2. The number of benzene rings is 1. The van der Waals surface area contributed by atoms with Gasteiger partial charge in [-0.3, -0.25) is 9.59 Å². The smallest absolute Gasteiger partial charge is 0.318 e. The zero-order valence-electron chi connectivity index (χ0n) is 15.9. The molecule has 1 aliphatic heterocycles. The molecule has 2 N–H and O–H groups in total. The summed E-state index contributed by atoms with van der Waals surface area (Å²) < 4.78 is 0. The van der Waals surface area contributed by atoms with Gasteiger partial charge in [0, 0.05) is 31.1 Å². The number of carbonyl (C=O) groups excluding carboxylic acids is 3. The fourth-order valence-corrected chi connectivity index (χ4v) is 3.04. The van der Waals surface area contributed by atoms with E-state index in [0.717, 1.165) is 17.5 Å². The number of urea groups is 1. The minimum absolute atomic E-state index is 0.0490. The third-order valence-electron chi connectivity index (χ3n) is 4.77. The largest absolute Gasteiger partial charge is 0.354 e. The average Bonchev–Trinajstić information content (AvgIpc) is 2.66. The third kappa shape index (κ3) is 5.31. The predicted octanol–water partition coefficient (Wildman–Crippen LogP) is 2.51. The fraction of sp³-hybridized carbons (Fsp3) is 0.550. The molecule has 3 amide bonds. The van der Waals surface area contributed by atoms with E-state index in [-0.39, 0.29) is 23.6 Å². The van der Waals surface area contributed by atoms with Crippen LogP contribution in [0.5, 0.6) is 0 Å². The number of hydrogen-bond donors (Lipinski definition) is 2. The number of likely N-dealkylation sites (tertiary alicyclic amines) is 1. The molecule has 0 aliphatic carbocycles. The van der Waals surface area contributed by atoms with Crippen molar-refractivity contribution in [2.45, 2.75) is 46.1 Å². The zero-order chi connectivity index (χ0) is 19.1. The van der Waals surface area contributed by atoms with Gasteiger partial charge in [-0.25, -0.2) is 4.79 Å². The molecule has 1 heterocycles. The van der Waals surface area contributed by atoms with Crippen molar-refractivity contribution in [3.63, 3.8) is 0 Å². The Balaban J connectivity index is 1.81. The Morgan fingerprint density at radius 1 is 1.15 bits per heavy atom. The maximum absolute atomic E-state index is 12.6. The molecular weight excluding hydrogens is 330 g/mol. The van der Waals surface area contributed by atoms with Crippen LogP contribution in [0.3, 0.4) is 0 Å². The molecular formula is C20H29N3O3. The van der Waals surface area contributed by atoms with E-state index < -0.39 is 6.04 Å². The first-order valence-corrected chi connectivity index (χ1v) is 9.36. The lowest BCUT2D eigenvalue weighted by atomic mass is 9.89. The number of aryl methyl sites for hydroxylation is 1. The highest BCUT2D eigenvalue weighted by molar-refractivity contribution is 5.98. The van der Waals surface area contributed by atoms with Crippen molar-refractivity contribution in [3.05, 3.63) is 35.4 Å². The molecule has 6 heteroatoms. The first kappa shape index (κ1) is 19.9. The Morgan fingerprint density at radius 2 is 1.77 bits per heavy atom. The maximum atomic E-state index is 12.6. The summed E-state index contributed by atoms with van der Waals surface area (Å²) in [6, 6.07) is 6.81. The van der Waals surface area contributed by atoms with Crippen molar-refractivity contribution in [1.29, 1.82) is 0 Å². The van der Waals surface area contributed by atoms with Crippen molar-refractivity contribution in [2.24, 2.45) is 5.92 Å². The molecule has 1 aromatic rings. The summed E-state index contributed by atoms with van der Waals surface area (Å²) in [7, 11) is 0. The van der Waals surface area contributed by atoms with E-state index in [4.69, 9.17) is 0 Å². The highest BCUT2D eigenvalue weighted by Crippen LogP contribution is 2.22. The van der Waals surface area contributed by atoms with E-state index >= 15 is 0 Å². The second kappa shape index (κ2) is 9.36. The molecule has 6 nitrogen and oxygen atoms in total. The van der Waals surface area contributed by atoms with Gasteiger partial charge < -0.3 is 15.5 Å². The minimum Gasteiger partial charge on any atom is -0.354 e. The van der Waals surface area contributed by atoms with Crippen LogP contribution < -0.4 is 10.6 Å². The van der Waals surface area contributed by atoms with Crippen LogP contribution in [0.1, 0.15) is 49.0 Å². The molecule has 0 bridgehead atoms. The van der Waals surface area contributed by atoms with Gasteiger partial charge in [0.1, 0.15) is 6.04 Å². The Kier molecular flexibility index (Phi) is 7.18. The average molecular weight is 359 g/mol. The van der Waals surface area contributed by atoms with Gasteiger partial charge in [0.25, 0.3) is 0 Å². The molecule has 0 spiro atoms. The van der Waals surface area contributed by atoms with Crippen LogP contribution in [0.4, 0.5) is 4.79 Å². The molecule has 26 heavy (non-hydrogen) atoms. The lowest BCUT2D eigenvalue weighted by molar-refractivity contribution is -0.122. The summed E-state index contributed by atoms with van der Waals surface area (Å²) in [5.74, 6) is -0.0750. The summed E-state index contributed by atoms with van der Waals surface area (Å²) in [5, 5.41) is 5.50. The lowest BCUT2D eigenvalue weighted by Crippen LogP contribution is -2.52. The van der Waals surface area contributed by atoms with Crippen molar-refractivity contribution in [3.8, 4) is 0 Å². The maximum Gasteiger partial charge on any atom is 0.318 e. The topological polar surface area (TPSA) is 78.5 Å². The van der Waals surface area contributed by atoms with Crippen LogP contribution in [-0.2, 0) is 4.79 Å². The number of carbonyl (C=O) groups is 3. The standard InChI is InChI=1S/C20H29N3O3/c1-4-11-21-19(25)15(3)22-20(26)23-12-9-17(10-13-23)18(24)16-7-5-14(2)6-8-16/h5-8,15,17H,4,9-13H2,1-3H3,(H,21,25)(H,22,26)/t15-/m1/s1. The normalized spacial score (nSPS) is 16.0. The van der Waals surface area contributed by atoms with Gasteiger partial charge in [-0.05, 0) is 33.1 Å². The van der Waals surface area contributed by atoms with Crippen molar-refractivity contribution in [2.75, 3.05) is 19.6 Å². The number of nitrogens with zero attached hydrogens (tertiary/aromatic N) is 1. The van der Waals surface area contributed by atoms with Gasteiger partial charge in [-0.2, -0.15) is 0 Å². The minimum atomic E-state index is -0.569. The van der Waals surface area contributed by atoms with Gasteiger partial charge in [-0.1, -0.05) is 36.8 Å². The number of ketones is 1. The van der Waals surface area contributed by atoms with E-state index in [2.05, 4.69) is 10.6 Å². The van der Waals surface area contributed by atoms with Crippen LogP contribution in [0.2, 0.25) is 0 Å². The molecule has 1 aliphatic rings. The summed E-state index contributed by atoms with van der Waals surface area (Å²) >= 11 is 0. The third-order valence-corrected chi connectivity index (χ3v) is 4.77. The van der Waals surface area contributed by atoms with Gasteiger partial charge in [0.2, 0.25) is 5.91 Å². The van der Waals surface area contributed by atoms with Crippen molar-refractivity contribution < 1.29 is 14.4 Å². The Bertz CT molecular complexity index is 634. The SMILES string of the molecule is CCCNC(=O)[C@@H](C)NC(=O)N1CCC(C(=O)c2ccc(C)cc2)CC1. The molecule has 0 radical (unpaired) electrons. The Labute approximate surface area is 155 Å². The molecule has 1 saturated heterocycles. The molecule has 142 valence electrons. The van der Waals surface area contributed by atoms with Crippen LogP contribution >= 0.6 is 0 Å². The second-order valence-corrected chi connectivity index (χ2v) is 6.95. The molecule has 0 unspecified atom stereocenters. The van der Waals surface area contributed by atoms with E-state index in [0.29, 0.717) is 32.5 Å². The summed E-state index contributed by atoms with van der Waals surface area (Å²) in [4.78, 5) is 38.4. The van der Waals surface area contributed by atoms with Crippen LogP contribution in [0.25, 0.3) is 0 Å².